The highest BCUT2D eigenvalue weighted by Gasteiger charge is 2.30. The van der Waals surface area contributed by atoms with Crippen LogP contribution in [0.1, 0.15) is 6.92 Å². The minimum Gasteiger partial charge on any atom is -0.479 e. The van der Waals surface area contributed by atoms with Gasteiger partial charge < -0.3 is 30.3 Å². The van der Waals surface area contributed by atoms with Crippen LogP contribution in [0.15, 0.2) is 0 Å². The number of aliphatic hydroxyl groups excluding tert-OH is 1. The molecule has 0 aliphatic rings. The molecule has 0 bridgehead atoms. The minimum absolute atomic E-state index is 0.0366. The van der Waals surface area contributed by atoms with Crippen molar-refractivity contribution in [1.29, 1.82) is 0 Å². The first-order chi connectivity index (χ1) is 8.20. The second-order valence-corrected chi connectivity index (χ2v) is 4.23. The van der Waals surface area contributed by atoms with Crippen molar-refractivity contribution in [1.82, 2.24) is 10.2 Å². The highest BCUT2D eigenvalue weighted by atomic mass is 16.5. The van der Waals surface area contributed by atoms with Crippen molar-refractivity contribution in [3.8, 4) is 0 Å². The van der Waals surface area contributed by atoms with E-state index in [0.29, 0.717) is 0 Å². The number of aliphatic hydroxyl groups is 2. The number of likely N-dealkylation sites (N-methyl/N-ethyl adjacent to an activating group) is 1. The van der Waals surface area contributed by atoms with Gasteiger partial charge in [-0.3, -0.25) is 0 Å². The summed E-state index contributed by atoms with van der Waals surface area (Å²) in [6.45, 7) is 0.778. The van der Waals surface area contributed by atoms with Crippen LogP contribution in [0.5, 0.6) is 0 Å². The molecule has 0 saturated heterocycles. The summed E-state index contributed by atoms with van der Waals surface area (Å²) in [5.74, 6) is -1.43. The van der Waals surface area contributed by atoms with Gasteiger partial charge in [0.05, 0.1) is 25.8 Å². The van der Waals surface area contributed by atoms with E-state index in [1.807, 2.05) is 0 Å². The van der Waals surface area contributed by atoms with Gasteiger partial charge in [0.1, 0.15) is 0 Å². The summed E-state index contributed by atoms with van der Waals surface area (Å²) in [7, 11) is 2.86. The van der Waals surface area contributed by atoms with E-state index in [1.54, 1.807) is 0 Å². The van der Waals surface area contributed by atoms with Crippen LogP contribution in [0.3, 0.4) is 0 Å². The molecule has 106 valence electrons. The quantitative estimate of drug-likeness (QED) is 0.443. The van der Waals surface area contributed by atoms with Crippen molar-refractivity contribution >= 4 is 12.0 Å². The van der Waals surface area contributed by atoms with Crippen LogP contribution in [0, 0.1) is 0 Å². The first-order valence-corrected chi connectivity index (χ1v) is 5.32. The fourth-order valence-electron chi connectivity index (χ4n) is 1.10. The van der Waals surface area contributed by atoms with Gasteiger partial charge in [0.2, 0.25) is 0 Å². The fraction of sp³-hybridized carbons (Fsp3) is 0.800. The number of rotatable bonds is 7. The lowest BCUT2D eigenvalue weighted by Gasteiger charge is -2.23. The van der Waals surface area contributed by atoms with E-state index in [9.17, 15) is 19.8 Å². The van der Waals surface area contributed by atoms with Crippen LogP contribution < -0.4 is 5.32 Å². The van der Waals surface area contributed by atoms with Gasteiger partial charge >= 0.3 is 12.0 Å². The molecule has 2 atom stereocenters. The van der Waals surface area contributed by atoms with Gasteiger partial charge in [0.25, 0.3) is 0 Å². The van der Waals surface area contributed by atoms with Gasteiger partial charge in [-0.2, -0.15) is 0 Å². The fourth-order valence-corrected chi connectivity index (χ4v) is 1.10. The molecule has 0 aliphatic carbocycles. The topological polar surface area (TPSA) is 119 Å². The third-order valence-electron chi connectivity index (χ3n) is 2.23. The molecule has 0 aliphatic heterocycles. The predicted octanol–water partition coefficient (Wildman–Crippen LogP) is -1.53. The number of carbonyl (C=O) groups excluding carboxylic acids is 1. The average Bonchev–Trinajstić information content (AvgIpc) is 2.25. The van der Waals surface area contributed by atoms with Crippen LogP contribution in [-0.4, -0.2) is 77.8 Å². The Hall–Kier alpha value is -1.38. The standard InChI is InChI=1S/C10H20N2O6/c1-10(17,8(14)15)6-11-9(16)12(2)4-7(13)5-18-3/h7,13,17H,4-6H2,1-3H3,(H,11,16)(H,14,15). The molecule has 0 saturated carbocycles. The number of amides is 2. The zero-order valence-electron chi connectivity index (χ0n) is 10.7. The van der Waals surface area contributed by atoms with Crippen LogP contribution >= 0.6 is 0 Å². The predicted molar refractivity (Wildman–Crippen MR) is 62.2 cm³/mol. The molecule has 0 aromatic rings. The number of aliphatic carboxylic acids is 1. The highest BCUT2D eigenvalue weighted by molar-refractivity contribution is 5.79. The van der Waals surface area contributed by atoms with E-state index >= 15 is 0 Å². The van der Waals surface area contributed by atoms with Crippen molar-refractivity contribution in [2.75, 3.05) is 33.9 Å². The van der Waals surface area contributed by atoms with Crippen LogP contribution in [0.2, 0.25) is 0 Å². The second kappa shape index (κ2) is 7.14. The normalized spacial score (nSPS) is 15.6. The molecule has 18 heavy (non-hydrogen) atoms. The second-order valence-electron chi connectivity index (χ2n) is 4.23. The molecule has 0 spiro atoms. The SMILES string of the molecule is COCC(O)CN(C)C(=O)NCC(C)(O)C(=O)O. The summed E-state index contributed by atoms with van der Waals surface area (Å²) in [5.41, 5.74) is -2.03. The minimum atomic E-state index is -2.03. The molecule has 4 N–H and O–H groups in total. The Morgan fingerprint density at radius 3 is 2.50 bits per heavy atom. The summed E-state index contributed by atoms with van der Waals surface area (Å²) in [6, 6.07) is -0.591. The Labute approximate surface area is 105 Å². The molecular formula is C10H20N2O6. The van der Waals surface area contributed by atoms with Crippen molar-refractivity contribution < 1.29 is 29.6 Å². The number of hydrogen-bond donors (Lipinski definition) is 4. The first kappa shape index (κ1) is 16.6. The van der Waals surface area contributed by atoms with Gasteiger partial charge in [0.15, 0.2) is 5.60 Å². The zero-order valence-corrected chi connectivity index (χ0v) is 10.7. The van der Waals surface area contributed by atoms with E-state index in [1.165, 1.54) is 19.1 Å². The summed E-state index contributed by atoms with van der Waals surface area (Å²) >= 11 is 0. The van der Waals surface area contributed by atoms with Gasteiger partial charge in [-0.15, -0.1) is 0 Å². The Bertz CT molecular complexity index is 294. The number of urea groups is 1. The number of ether oxygens (including phenoxy) is 1. The van der Waals surface area contributed by atoms with Crippen LogP contribution in [-0.2, 0) is 9.53 Å². The maximum Gasteiger partial charge on any atom is 0.337 e. The molecule has 0 rings (SSSR count). The van der Waals surface area contributed by atoms with Crippen LogP contribution in [0.4, 0.5) is 4.79 Å². The van der Waals surface area contributed by atoms with E-state index in [-0.39, 0.29) is 13.2 Å². The van der Waals surface area contributed by atoms with Crippen molar-refractivity contribution in [2.45, 2.75) is 18.6 Å². The molecule has 0 heterocycles. The van der Waals surface area contributed by atoms with E-state index in [0.717, 1.165) is 6.92 Å². The third kappa shape index (κ3) is 5.80. The molecule has 8 heteroatoms. The molecule has 8 nitrogen and oxygen atoms in total. The van der Waals surface area contributed by atoms with Crippen molar-refractivity contribution in [3.63, 3.8) is 0 Å². The summed E-state index contributed by atoms with van der Waals surface area (Å²) < 4.78 is 4.70. The van der Waals surface area contributed by atoms with E-state index in [2.05, 4.69) is 5.32 Å². The number of methoxy groups -OCH3 is 1. The number of nitrogens with one attached hydrogen (secondary N) is 1. The number of carboxylic acid groups (broad SMARTS) is 1. The van der Waals surface area contributed by atoms with E-state index in [4.69, 9.17) is 9.84 Å². The Morgan fingerprint density at radius 2 is 2.06 bits per heavy atom. The maximum absolute atomic E-state index is 11.5. The first-order valence-electron chi connectivity index (χ1n) is 5.32. The molecule has 0 radical (unpaired) electrons. The summed E-state index contributed by atoms with van der Waals surface area (Å²) in [6.07, 6.45) is -0.828. The van der Waals surface area contributed by atoms with Gasteiger partial charge in [-0.05, 0) is 6.92 Å². The van der Waals surface area contributed by atoms with Crippen molar-refractivity contribution in [3.05, 3.63) is 0 Å². The van der Waals surface area contributed by atoms with Gasteiger partial charge in [0, 0.05) is 14.2 Å². The monoisotopic (exact) mass is 264 g/mol. The Kier molecular flexibility index (Phi) is 6.60. The third-order valence-corrected chi connectivity index (χ3v) is 2.23. The highest BCUT2D eigenvalue weighted by Crippen LogP contribution is 2.01. The summed E-state index contributed by atoms with van der Waals surface area (Å²) in [4.78, 5) is 23.3. The number of hydrogen-bond acceptors (Lipinski definition) is 5. The zero-order chi connectivity index (χ0) is 14.3. The molecular weight excluding hydrogens is 244 g/mol. The molecule has 0 fully saturated rings. The number of nitrogens with zero attached hydrogens (tertiary/aromatic N) is 1. The Morgan fingerprint density at radius 1 is 1.50 bits per heavy atom. The van der Waals surface area contributed by atoms with Crippen molar-refractivity contribution in [2.24, 2.45) is 0 Å². The Balaban J connectivity index is 4.13. The lowest BCUT2D eigenvalue weighted by Crippen LogP contribution is -2.50. The molecule has 2 unspecified atom stereocenters. The van der Waals surface area contributed by atoms with Gasteiger partial charge in [-0.1, -0.05) is 0 Å². The maximum atomic E-state index is 11.5. The number of carboxylic acids is 1. The summed E-state index contributed by atoms with van der Waals surface area (Å²) in [5, 5.41) is 29.7. The largest absolute Gasteiger partial charge is 0.479 e. The lowest BCUT2D eigenvalue weighted by atomic mass is 10.1. The molecule has 0 aromatic heterocycles. The molecule has 0 aromatic carbocycles. The lowest BCUT2D eigenvalue weighted by molar-refractivity contribution is -0.155. The van der Waals surface area contributed by atoms with Crippen LogP contribution in [0.25, 0.3) is 0 Å². The van der Waals surface area contributed by atoms with Gasteiger partial charge in [-0.25, -0.2) is 9.59 Å². The van der Waals surface area contributed by atoms with E-state index < -0.39 is 30.3 Å². The number of carbonyl (C=O) groups is 2. The average molecular weight is 264 g/mol. The smallest absolute Gasteiger partial charge is 0.337 e. The molecule has 2 amide bonds.